The molecule has 0 radical (unpaired) electrons. The molecule has 1 aliphatic heterocycles. The third kappa shape index (κ3) is 2.13. The van der Waals surface area contributed by atoms with Crippen molar-refractivity contribution in [2.24, 2.45) is 0 Å². The summed E-state index contributed by atoms with van der Waals surface area (Å²) in [5.74, 6) is 0. The summed E-state index contributed by atoms with van der Waals surface area (Å²) < 4.78 is 0. The van der Waals surface area contributed by atoms with Crippen molar-refractivity contribution < 1.29 is 0 Å². The molecule has 0 spiro atoms. The molecule has 2 heterocycles. The lowest BCUT2D eigenvalue weighted by atomic mass is 10.1. The molecule has 3 heteroatoms. The molecule has 2 rings (SSSR count). The van der Waals surface area contributed by atoms with E-state index < -0.39 is 8.07 Å². The second-order valence-corrected chi connectivity index (χ2v) is 10.4. The van der Waals surface area contributed by atoms with Gasteiger partial charge in [-0.25, -0.2) is 0 Å². The van der Waals surface area contributed by atoms with E-state index in [2.05, 4.69) is 37.9 Å². The lowest BCUT2D eigenvalue weighted by Crippen LogP contribution is -2.41. The summed E-state index contributed by atoms with van der Waals surface area (Å²) >= 11 is 0. The van der Waals surface area contributed by atoms with E-state index in [1.807, 2.05) is 0 Å². The maximum Gasteiger partial charge on any atom is 0.0799 e. The Balaban J connectivity index is 2.50. The Labute approximate surface area is 93.1 Å². The van der Waals surface area contributed by atoms with E-state index in [1.165, 1.54) is 22.1 Å². The van der Waals surface area contributed by atoms with Crippen LogP contribution >= 0.6 is 0 Å². The summed E-state index contributed by atoms with van der Waals surface area (Å²) in [4.78, 5) is 4.77. The van der Waals surface area contributed by atoms with Gasteiger partial charge in [-0.05, 0) is 17.7 Å². The van der Waals surface area contributed by atoms with Crippen LogP contribution in [0.1, 0.15) is 17.0 Å². The molecule has 0 amide bonds. The average molecular weight is 220 g/mol. The summed E-state index contributed by atoms with van der Waals surface area (Å²) in [5.41, 5.74) is 3.99. The monoisotopic (exact) mass is 220 g/mol. The molecule has 1 aromatic heterocycles. The van der Waals surface area contributed by atoms with E-state index in [-0.39, 0.29) is 0 Å². The molecule has 1 N–H and O–H groups in total. The Bertz CT molecular complexity index is 380. The SMILES string of the molecule is Cc1nc2c(cc1[Si](C)(C)C)CNCC2. The van der Waals surface area contributed by atoms with Gasteiger partial charge in [0.2, 0.25) is 0 Å². The van der Waals surface area contributed by atoms with Crippen molar-refractivity contribution in [3.63, 3.8) is 0 Å². The molecule has 1 aliphatic rings. The number of aromatic nitrogens is 1. The number of nitrogens with zero attached hydrogens (tertiary/aromatic N) is 1. The van der Waals surface area contributed by atoms with Crippen molar-refractivity contribution >= 4 is 13.3 Å². The molecule has 0 bridgehead atoms. The van der Waals surface area contributed by atoms with Gasteiger partial charge in [0.05, 0.1) is 8.07 Å². The van der Waals surface area contributed by atoms with Crippen LogP contribution in [0.25, 0.3) is 0 Å². The molecule has 0 aromatic carbocycles. The topological polar surface area (TPSA) is 24.9 Å². The van der Waals surface area contributed by atoms with Gasteiger partial charge in [0.15, 0.2) is 0 Å². The van der Waals surface area contributed by atoms with Crippen LogP contribution in [0.5, 0.6) is 0 Å². The summed E-state index contributed by atoms with van der Waals surface area (Å²) in [6, 6.07) is 2.40. The first-order valence-corrected chi connectivity index (χ1v) is 9.19. The molecule has 0 saturated heterocycles. The van der Waals surface area contributed by atoms with Crippen molar-refractivity contribution in [1.82, 2.24) is 10.3 Å². The van der Waals surface area contributed by atoms with Gasteiger partial charge in [0.25, 0.3) is 0 Å². The van der Waals surface area contributed by atoms with Gasteiger partial charge in [-0.15, -0.1) is 0 Å². The fourth-order valence-electron chi connectivity index (χ4n) is 2.26. The fraction of sp³-hybridized carbons (Fsp3) is 0.583. The van der Waals surface area contributed by atoms with Crippen molar-refractivity contribution in [2.75, 3.05) is 6.54 Å². The molecule has 0 fully saturated rings. The Kier molecular flexibility index (Phi) is 2.69. The minimum Gasteiger partial charge on any atom is -0.312 e. The van der Waals surface area contributed by atoms with Crippen LogP contribution in [-0.4, -0.2) is 19.6 Å². The predicted molar refractivity (Wildman–Crippen MR) is 67.4 cm³/mol. The zero-order chi connectivity index (χ0) is 11.1. The minimum absolute atomic E-state index is 1.00. The van der Waals surface area contributed by atoms with Gasteiger partial charge in [-0.1, -0.05) is 25.7 Å². The first-order valence-electron chi connectivity index (χ1n) is 5.69. The first-order chi connectivity index (χ1) is 6.98. The second-order valence-electron chi connectivity index (χ2n) is 5.40. The van der Waals surface area contributed by atoms with Crippen molar-refractivity contribution in [1.29, 1.82) is 0 Å². The summed E-state index contributed by atoms with van der Waals surface area (Å²) in [7, 11) is -1.23. The maximum atomic E-state index is 4.77. The molecular weight excluding hydrogens is 200 g/mol. The van der Waals surface area contributed by atoms with E-state index in [0.29, 0.717) is 0 Å². The molecule has 0 atom stereocenters. The average Bonchev–Trinajstić information content (AvgIpc) is 2.15. The Morgan fingerprint density at radius 1 is 1.33 bits per heavy atom. The smallest absolute Gasteiger partial charge is 0.0799 e. The highest BCUT2D eigenvalue weighted by Crippen LogP contribution is 2.14. The van der Waals surface area contributed by atoms with Gasteiger partial charge < -0.3 is 5.32 Å². The van der Waals surface area contributed by atoms with Crippen molar-refractivity contribution in [3.05, 3.63) is 23.0 Å². The summed E-state index contributed by atoms with van der Waals surface area (Å²) in [6.45, 7) is 11.4. The summed E-state index contributed by atoms with van der Waals surface area (Å²) in [6.07, 6.45) is 1.09. The van der Waals surface area contributed by atoms with E-state index in [4.69, 9.17) is 4.98 Å². The lowest BCUT2D eigenvalue weighted by molar-refractivity contribution is 0.629. The first kappa shape index (κ1) is 10.8. The van der Waals surface area contributed by atoms with Crippen LogP contribution in [0.4, 0.5) is 0 Å². The number of rotatable bonds is 1. The van der Waals surface area contributed by atoms with Gasteiger partial charge in [0.1, 0.15) is 0 Å². The van der Waals surface area contributed by atoms with Gasteiger partial charge >= 0.3 is 0 Å². The van der Waals surface area contributed by atoms with E-state index in [9.17, 15) is 0 Å². The second kappa shape index (κ2) is 3.72. The molecule has 1 aromatic rings. The van der Waals surface area contributed by atoms with Crippen LogP contribution in [0.2, 0.25) is 19.6 Å². The Hall–Kier alpha value is -0.673. The van der Waals surface area contributed by atoms with Crippen LogP contribution in [0, 0.1) is 6.92 Å². The molecule has 2 nitrogen and oxygen atoms in total. The molecular formula is C12H20N2Si. The Morgan fingerprint density at radius 2 is 2.07 bits per heavy atom. The third-order valence-electron chi connectivity index (χ3n) is 3.04. The lowest BCUT2D eigenvalue weighted by Gasteiger charge is -2.24. The molecule has 0 saturated carbocycles. The Morgan fingerprint density at radius 3 is 2.73 bits per heavy atom. The van der Waals surface area contributed by atoms with Crippen LogP contribution in [0.15, 0.2) is 6.07 Å². The fourth-order valence-corrected chi connectivity index (χ4v) is 4.00. The number of aryl methyl sites for hydroxylation is 1. The third-order valence-corrected chi connectivity index (χ3v) is 5.17. The largest absolute Gasteiger partial charge is 0.312 e. The normalized spacial score (nSPS) is 16.3. The van der Waals surface area contributed by atoms with E-state index >= 15 is 0 Å². The van der Waals surface area contributed by atoms with Gasteiger partial charge in [-0.2, -0.15) is 0 Å². The molecule has 0 unspecified atom stereocenters. The van der Waals surface area contributed by atoms with Gasteiger partial charge in [-0.3, -0.25) is 4.98 Å². The van der Waals surface area contributed by atoms with Crippen LogP contribution in [-0.2, 0) is 13.0 Å². The zero-order valence-electron chi connectivity index (χ0n) is 10.1. The zero-order valence-corrected chi connectivity index (χ0v) is 11.1. The highest BCUT2D eigenvalue weighted by atomic mass is 28.3. The minimum atomic E-state index is -1.23. The number of fused-ring (bicyclic) bond motifs is 1. The highest BCUT2D eigenvalue weighted by Gasteiger charge is 2.22. The number of hydrogen-bond donors (Lipinski definition) is 1. The van der Waals surface area contributed by atoms with Crippen molar-refractivity contribution in [2.45, 2.75) is 39.5 Å². The van der Waals surface area contributed by atoms with E-state index in [1.54, 1.807) is 0 Å². The number of pyridine rings is 1. The molecule has 82 valence electrons. The molecule has 15 heavy (non-hydrogen) atoms. The quantitative estimate of drug-likeness (QED) is 0.727. The molecule has 0 aliphatic carbocycles. The van der Waals surface area contributed by atoms with Gasteiger partial charge in [0, 0.05) is 30.9 Å². The van der Waals surface area contributed by atoms with Crippen molar-refractivity contribution in [3.8, 4) is 0 Å². The summed E-state index contributed by atoms with van der Waals surface area (Å²) in [5, 5.41) is 4.93. The maximum absolute atomic E-state index is 4.77. The predicted octanol–water partition coefficient (Wildman–Crippen LogP) is 1.58. The standard InChI is InChI=1S/C12H20N2Si/c1-9-12(15(2,3)4)7-10-8-13-6-5-11(10)14-9/h7,13H,5-6,8H2,1-4H3. The van der Waals surface area contributed by atoms with Crippen LogP contribution < -0.4 is 10.5 Å². The highest BCUT2D eigenvalue weighted by molar-refractivity contribution is 6.89. The number of hydrogen-bond acceptors (Lipinski definition) is 2. The number of nitrogens with one attached hydrogen (secondary N) is 1. The van der Waals surface area contributed by atoms with E-state index in [0.717, 1.165) is 19.5 Å². The van der Waals surface area contributed by atoms with Crippen LogP contribution in [0.3, 0.4) is 0 Å².